The highest BCUT2D eigenvalue weighted by Gasteiger charge is 2.47. The highest BCUT2D eigenvalue weighted by molar-refractivity contribution is 6.08. The van der Waals surface area contributed by atoms with E-state index < -0.39 is 12.0 Å². The van der Waals surface area contributed by atoms with Gasteiger partial charge in [0.1, 0.15) is 11.7 Å². The molecule has 2 saturated heterocycles. The Balaban J connectivity index is 1.43. The lowest BCUT2D eigenvalue weighted by molar-refractivity contribution is -0.135. The Morgan fingerprint density at radius 1 is 0.968 bits per heavy atom. The van der Waals surface area contributed by atoms with Crippen LogP contribution < -0.4 is 10.2 Å². The van der Waals surface area contributed by atoms with Gasteiger partial charge in [-0.2, -0.15) is 0 Å². The van der Waals surface area contributed by atoms with E-state index in [9.17, 15) is 14.4 Å². The number of nitrogens with one attached hydrogen (secondary N) is 2. The highest BCUT2D eigenvalue weighted by atomic mass is 16.2. The first-order valence-corrected chi connectivity index (χ1v) is 10.7. The van der Waals surface area contributed by atoms with E-state index in [2.05, 4.69) is 10.3 Å². The number of benzene rings is 2. The summed E-state index contributed by atoms with van der Waals surface area (Å²) in [5.41, 5.74) is 1.95. The van der Waals surface area contributed by atoms with Gasteiger partial charge in [-0.3, -0.25) is 14.4 Å². The Hall–Kier alpha value is -3.61. The number of nitrogens with zero attached hydrogens (tertiary/aromatic N) is 2. The fourth-order valence-electron chi connectivity index (χ4n) is 4.54. The SMILES string of the molecule is O=C(NC1C(=O)N(c2ccccc2)CC1C(=O)N1CCCC1)c1cc2ccccc2[nH]1. The van der Waals surface area contributed by atoms with Crippen LogP contribution in [0.1, 0.15) is 23.3 Å². The van der Waals surface area contributed by atoms with Gasteiger partial charge in [0.05, 0.1) is 5.92 Å². The Morgan fingerprint density at radius 2 is 1.68 bits per heavy atom. The molecule has 3 heterocycles. The second-order valence-electron chi connectivity index (χ2n) is 8.14. The molecule has 2 aliphatic heterocycles. The highest BCUT2D eigenvalue weighted by Crippen LogP contribution is 2.28. The van der Waals surface area contributed by atoms with E-state index in [1.54, 1.807) is 11.0 Å². The van der Waals surface area contributed by atoms with E-state index in [0.29, 0.717) is 18.8 Å². The van der Waals surface area contributed by atoms with Crippen molar-refractivity contribution in [3.05, 3.63) is 66.4 Å². The molecule has 2 unspecified atom stereocenters. The summed E-state index contributed by atoms with van der Waals surface area (Å²) in [6, 6.07) is 17.8. The van der Waals surface area contributed by atoms with E-state index >= 15 is 0 Å². The van der Waals surface area contributed by atoms with Crippen molar-refractivity contribution in [2.24, 2.45) is 5.92 Å². The third kappa shape index (κ3) is 3.56. The van der Waals surface area contributed by atoms with Crippen LogP contribution in [0, 0.1) is 5.92 Å². The Morgan fingerprint density at radius 3 is 2.42 bits per heavy atom. The summed E-state index contributed by atoms with van der Waals surface area (Å²) in [5.74, 6) is -1.32. The first-order chi connectivity index (χ1) is 15.1. The normalized spacial score (nSPS) is 21.1. The number of hydrogen-bond donors (Lipinski definition) is 2. The number of fused-ring (bicyclic) bond motifs is 1. The summed E-state index contributed by atoms with van der Waals surface area (Å²) in [6.45, 7) is 1.67. The molecule has 2 aromatic carbocycles. The summed E-state index contributed by atoms with van der Waals surface area (Å²) in [4.78, 5) is 46.1. The fourth-order valence-corrected chi connectivity index (χ4v) is 4.54. The van der Waals surface area contributed by atoms with Crippen molar-refractivity contribution in [2.75, 3.05) is 24.5 Å². The Kier molecular flexibility index (Phi) is 4.94. The van der Waals surface area contributed by atoms with Crippen LogP contribution in [0.2, 0.25) is 0 Å². The molecule has 2 atom stereocenters. The van der Waals surface area contributed by atoms with Crippen LogP contribution in [0.3, 0.4) is 0 Å². The number of anilines is 1. The minimum atomic E-state index is -0.896. The van der Waals surface area contributed by atoms with Gasteiger partial charge < -0.3 is 20.1 Å². The molecule has 0 bridgehead atoms. The molecule has 0 aliphatic carbocycles. The lowest BCUT2D eigenvalue weighted by Gasteiger charge is -2.23. The zero-order chi connectivity index (χ0) is 21.4. The maximum Gasteiger partial charge on any atom is 0.268 e. The maximum atomic E-state index is 13.3. The molecule has 7 nitrogen and oxygen atoms in total. The molecule has 3 amide bonds. The first-order valence-electron chi connectivity index (χ1n) is 10.7. The van der Waals surface area contributed by atoms with Crippen LogP contribution in [0.15, 0.2) is 60.7 Å². The van der Waals surface area contributed by atoms with Crippen LogP contribution >= 0.6 is 0 Å². The molecule has 0 radical (unpaired) electrons. The Bertz CT molecular complexity index is 1100. The monoisotopic (exact) mass is 416 g/mol. The summed E-state index contributed by atoms with van der Waals surface area (Å²) < 4.78 is 0. The van der Waals surface area contributed by atoms with Crippen LogP contribution in [-0.4, -0.2) is 53.3 Å². The lowest BCUT2D eigenvalue weighted by atomic mass is 10.0. The molecule has 3 aromatic rings. The predicted molar refractivity (Wildman–Crippen MR) is 118 cm³/mol. The van der Waals surface area contributed by atoms with E-state index in [0.717, 1.165) is 29.4 Å². The van der Waals surface area contributed by atoms with Crippen LogP contribution in [0.4, 0.5) is 5.69 Å². The number of amides is 3. The van der Waals surface area contributed by atoms with Gasteiger partial charge in [-0.1, -0.05) is 36.4 Å². The number of H-pyrrole nitrogens is 1. The van der Waals surface area contributed by atoms with E-state index in [4.69, 9.17) is 0 Å². The average Bonchev–Trinajstić information content (AvgIpc) is 3.54. The number of carbonyl (C=O) groups is 3. The number of aromatic nitrogens is 1. The second kappa shape index (κ2) is 7.91. The number of carbonyl (C=O) groups excluding carboxylic acids is 3. The van der Waals surface area contributed by atoms with Gasteiger partial charge >= 0.3 is 0 Å². The van der Waals surface area contributed by atoms with E-state index in [-0.39, 0.29) is 24.3 Å². The first kappa shape index (κ1) is 19.4. The van der Waals surface area contributed by atoms with Crippen molar-refractivity contribution in [1.82, 2.24) is 15.2 Å². The molecule has 2 aliphatic rings. The Labute approximate surface area is 180 Å². The second-order valence-corrected chi connectivity index (χ2v) is 8.14. The molecule has 0 saturated carbocycles. The summed E-state index contributed by atoms with van der Waals surface area (Å²) in [5, 5.41) is 3.77. The van der Waals surface area contributed by atoms with Gasteiger partial charge in [0.2, 0.25) is 11.8 Å². The van der Waals surface area contributed by atoms with Gasteiger partial charge in [0.15, 0.2) is 0 Å². The largest absolute Gasteiger partial charge is 0.351 e. The number of likely N-dealkylation sites (tertiary alicyclic amines) is 1. The average molecular weight is 416 g/mol. The van der Waals surface area contributed by atoms with Crippen molar-refractivity contribution in [1.29, 1.82) is 0 Å². The van der Waals surface area contributed by atoms with Crippen molar-refractivity contribution in [2.45, 2.75) is 18.9 Å². The van der Waals surface area contributed by atoms with E-state index in [1.165, 1.54) is 0 Å². The third-order valence-corrected chi connectivity index (χ3v) is 6.18. The van der Waals surface area contributed by atoms with Gasteiger partial charge in [-0.25, -0.2) is 0 Å². The molecule has 5 rings (SSSR count). The molecular formula is C24H24N4O3. The van der Waals surface area contributed by atoms with E-state index in [1.807, 2.05) is 59.5 Å². The summed E-state index contributed by atoms with van der Waals surface area (Å²) >= 11 is 0. The molecule has 158 valence electrons. The molecular weight excluding hydrogens is 392 g/mol. The van der Waals surface area contributed by atoms with Crippen LogP contribution in [0.5, 0.6) is 0 Å². The molecule has 2 fully saturated rings. The lowest BCUT2D eigenvalue weighted by Crippen LogP contribution is -2.49. The number of hydrogen-bond acceptors (Lipinski definition) is 3. The summed E-state index contributed by atoms with van der Waals surface area (Å²) in [7, 11) is 0. The summed E-state index contributed by atoms with van der Waals surface area (Å²) in [6.07, 6.45) is 1.95. The molecule has 7 heteroatoms. The predicted octanol–water partition coefficient (Wildman–Crippen LogP) is 2.55. The molecule has 0 spiro atoms. The zero-order valence-corrected chi connectivity index (χ0v) is 17.1. The van der Waals surface area contributed by atoms with Crippen LogP contribution in [0.25, 0.3) is 10.9 Å². The number of para-hydroxylation sites is 2. The van der Waals surface area contributed by atoms with Crippen LogP contribution in [-0.2, 0) is 9.59 Å². The van der Waals surface area contributed by atoms with Crippen molar-refractivity contribution < 1.29 is 14.4 Å². The molecule has 2 N–H and O–H groups in total. The van der Waals surface area contributed by atoms with Crippen molar-refractivity contribution >= 4 is 34.3 Å². The minimum Gasteiger partial charge on any atom is -0.351 e. The number of rotatable bonds is 4. The maximum absolute atomic E-state index is 13.3. The standard InChI is InChI=1S/C24H24N4O3/c29-22(20-14-16-8-4-5-11-19(16)25-20)26-21-18(23(30)27-12-6-7-13-27)15-28(24(21)31)17-9-2-1-3-10-17/h1-5,8-11,14,18,21,25H,6-7,12-13,15H2,(H,26,29). The quantitative estimate of drug-likeness (QED) is 0.685. The molecule has 31 heavy (non-hydrogen) atoms. The topological polar surface area (TPSA) is 85.5 Å². The van der Waals surface area contributed by atoms with Gasteiger partial charge in [-0.15, -0.1) is 0 Å². The fraction of sp³-hybridized carbons (Fsp3) is 0.292. The zero-order valence-electron chi connectivity index (χ0n) is 17.1. The van der Waals surface area contributed by atoms with Gasteiger partial charge in [0, 0.05) is 36.2 Å². The molecule has 1 aromatic heterocycles. The minimum absolute atomic E-state index is 0.0637. The van der Waals surface area contributed by atoms with Gasteiger partial charge in [-0.05, 0) is 37.1 Å². The van der Waals surface area contributed by atoms with Gasteiger partial charge in [0.25, 0.3) is 5.91 Å². The smallest absolute Gasteiger partial charge is 0.268 e. The number of aromatic amines is 1. The van der Waals surface area contributed by atoms with Crippen molar-refractivity contribution in [3.63, 3.8) is 0 Å². The third-order valence-electron chi connectivity index (χ3n) is 6.18. The van der Waals surface area contributed by atoms with Crippen molar-refractivity contribution in [3.8, 4) is 0 Å².